The molecule has 0 aliphatic carbocycles. The monoisotopic (exact) mass is 325 g/mol. The number of methoxy groups -OCH3 is 2. The van der Waals surface area contributed by atoms with Gasteiger partial charge in [-0.1, -0.05) is 0 Å². The van der Waals surface area contributed by atoms with Crippen molar-refractivity contribution in [2.75, 3.05) is 19.5 Å². The molecular formula is C16H15N5O3. The van der Waals surface area contributed by atoms with Gasteiger partial charge >= 0.3 is 0 Å². The Morgan fingerprint density at radius 2 is 1.79 bits per heavy atom. The number of hydrogen-bond donors (Lipinski definition) is 1. The number of tetrazole rings is 1. The summed E-state index contributed by atoms with van der Waals surface area (Å²) < 4.78 is 11.9. The van der Waals surface area contributed by atoms with E-state index in [1.165, 1.54) is 18.1 Å². The maximum absolute atomic E-state index is 12.4. The molecule has 122 valence electrons. The van der Waals surface area contributed by atoms with E-state index in [0.717, 1.165) is 5.69 Å². The average Bonchev–Trinajstić information content (AvgIpc) is 3.16. The first-order valence-electron chi connectivity index (χ1n) is 7.08. The van der Waals surface area contributed by atoms with Crippen LogP contribution in [0.3, 0.4) is 0 Å². The molecule has 1 heterocycles. The lowest BCUT2D eigenvalue weighted by Gasteiger charge is -2.10. The molecule has 0 spiro atoms. The molecule has 3 rings (SSSR count). The van der Waals surface area contributed by atoms with Crippen LogP contribution in [0.2, 0.25) is 0 Å². The number of aromatic nitrogens is 4. The van der Waals surface area contributed by atoms with Crippen LogP contribution in [0.1, 0.15) is 10.4 Å². The fraction of sp³-hybridized carbons (Fsp3) is 0.125. The molecule has 24 heavy (non-hydrogen) atoms. The summed E-state index contributed by atoms with van der Waals surface area (Å²) in [4.78, 5) is 12.4. The number of amides is 1. The van der Waals surface area contributed by atoms with Crippen LogP contribution in [0.5, 0.6) is 11.5 Å². The van der Waals surface area contributed by atoms with Crippen LogP contribution in [0.4, 0.5) is 5.69 Å². The van der Waals surface area contributed by atoms with Crippen molar-refractivity contribution >= 4 is 11.6 Å². The highest BCUT2D eigenvalue weighted by molar-refractivity contribution is 6.04. The minimum atomic E-state index is -0.244. The van der Waals surface area contributed by atoms with Gasteiger partial charge in [-0.3, -0.25) is 4.79 Å². The Kier molecular flexibility index (Phi) is 4.37. The molecule has 0 saturated heterocycles. The van der Waals surface area contributed by atoms with E-state index in [-0.39, 0.29) is 5.91 Å². The van der Waals surface area contributed by atoms with Gasteiger partial charge in [-0.05, 0) is 52.9 Å². The zero-order valence-electron chi connectivity index (χ0n) is 13.1. The van der Waals surface area contributed by atoms with Crippen LogP contribution in [0.15, 0.2) is 48.8 Å². The van der Waals surface area contributed by atoms with Crippen LogP contribution in [-0.4, -0.2) is 40.3 Å². The zero-order chi connectivity index (χ0) is 16.9. The number of carbonyl (C=O) groups is 1. The molecule has 1 amide bonds. The number of carbonyl (C=O) groups excluding carboxylic acids is 1. The molecule has 8 heteroatoms. The van der Waals surface area contributed by atoms with Crippen LogP contribution < -0.4 is 14.8 Å². The fourth-order valence-electron chi connectivity index (χ4n) is 2.16. The average molecular weight is 325 g/mol. The first kappa shape index (κ1) is 15.5. The highest BCUT2D eigenvalue weighted by Gasteiger charge is 2.11. The van der Waals surface area contributed by atoms with Crippen molar-refractivity contribution in [2.45, 2.75) is 0 Å². The third kappa shape index (κ3) is 3.17. The minimum absolute atomic E-state index is 0.244. The second-order valence-electron chi connectivity index (χ2n) is 4.83. The summed E-state index contributed by atoms with van der Waals surface area (Å²) in [6, 6.07) is 12.1. The SMILES string of the molecule is COc1ccc(C(=O)Nc2ccc(-n3cnnn3)cc2)cc1OC. The standard InChI is InChI=1S/C16H15N5O3/c1-23-14-8-3-11(9-15(14)24-2)16(22)18-12-4-6-13(7-5-12)21-10-17-19-20-21/h3-10H,1-2H3,(H,18,22). The van der Waals surface area contributed by atoms with Gasteiger partial charge in [0.2, 0.25) is 0 Å². The van der Waals surface area contributed by atoms with Gasteiger partial charge < -0.3 is 14.8 Å². The minimum Gasteiger partial charge on any atom is -0.493 e. The van der Waals surface area contributed by atoms with Crippen molar-refractivity contribution < 1.29 is 14.3 Å². The summed E-state index contributed by atoms with van der Waals surface area (Å²) in [5, 5.41) is 13.8. The quantitative estimate of drug-likeness (QED) is 0.771. The highest BCUT2D eigenvalue weighted by atomic mass is 16.5. The van der Waals surface area contributed by atoms with Crippen molar-refractivity contribution in [3.05, 3.63) is 54.4 Å². The number of hydrogen-bond acceptors (Lipinski definition) is 6. The fourth-order valence-corrected chi connectivity index (χ4v) is 2.16. The van der Waals surface area contributed by atoms with E-state index in [1.807, 2.05) is 0 Å². The van der Waals surface area contributed by atoms with Crippen molar-refractivity contribution in [2.24, 2.45) is 0 Å². The number of benzene rings is 2. The maximum Gasteiger partial charge on any atom is 0.255 e. The van der Waals surface area contributed by atoms with Crippen LogP contribution in [0, 0.1) is 0 Å². The summed E-state index contributed by atoms with van der Waals surface area (Å²) in [6.07, 6.45) is 1.50. The summed E-state index contributed by atoms with van der Waals surface area (Å²) in [6.45, 7) is 0. The third-order valence-corrected chi connectivity index (χ3v) is 3.38. The summed E-state index contributed by atoms with van der Waals surface area (Å²) in [7, 11) is 3.07. The molecule has 0 radical (unpaired) electrons. The van der Waals surface area contributed by atoms with Gasteiger partial charge in [0.1, 0.15) is 6.33 Å². The summed E-state index contributed by atoms with van der Waals surface area (Å²) in [5.41, 5.74) is 1.92. The zero-order valence-corrected chi connectivity index (χ0v) is 13.1. The van der Waals surface area contributed by atoms with E-state index in [4.69, 9.17) is 9.47 Å². The Morgan fingerprint density at radius 3 is 2.42 bits per heavy atom. The van der Waals surface area contributed by atoms with Gasteiger partial charge in [0, 0.05) is 11.3 Å². The second kappa shape index (κ2) is 6.78. The lowest BCUT2D eigenvalue weighted by Crippen LogP contribution is -2.12. The second-order valence-corrected chi connectivity index (χ2v) is 4.83. The number of ether oxygens (including phenoxy) is 2. The lowest BCUT2D eigenvalue weighted by atomic mass is 10.2. The van der Waals surface area contributed by atoms with E-state index in [9.17, 15) is 4.79 Å². The van der Waals surface area contributed by atoms with Crippen molar-refractivity contribution in [3.8, 4) is 17.2 Å². The molecule has 0 saturated carbocycles. The van der Waals surface area contributed by atoms with Crippen LogP contribution in [0.25, 0.3) is 5.69 Å². The lowest BCUT2D eigenvalue weighted by molar-refractivity contribution is 0.102. The predicted octanol–water partition coefficient (Wildman–Crippen LogP) is 1.93. The van der Waals surface area contributed by atoms with Gasteiger partial charge in [-0.15, -0.1) is 5.10 Å². The van der Waals surface area contributed by atoms with E-state index in [0.29, 0.717) is 22.7 Å². The molecule has 0 unspecified atom stereocenters. The smallest absolute Gasteiger partial charge is 0.255 e. The first-order valence-corrected chi connectivity index (χ1v) is 7.08. The maximum atomic E-state index is 12.4. The topological polar surface area (TPSA) is 91.2 Å². The van der Waals surface area contributed by atoms with E-state index in [1.54, 1.807) is 49.6 Å². The Morgan fingerprint density at radius 1 is 1.04 bits per heavy atom. The Hall–Kier alpha value is -3.42. The van der Waals surface area contributed by atoms with Crippen LogP contribution in [-0.2, 0) is 0 Å². The summed E-state index contributed by atoms with van der Waals surface area (Å²) in [5.74, 6) is 0.824. The van der Waals surface area contributed by atoms with Crippen molar-refractivity contribution in [3.63, 3.8) is 0 Å². The largest absolute Gasteiger partial charge is 0.493 e. The first-order chi connectivity index (χ1) is 11.7. The van der Waals surface area contributed by atoms with Gasteiger partial charge in [-0.25, -0.2) is 4.68 Å². The molecule has 0 aliphatic heterocycles. The van der Waals surface area contributed by atoms with Crippen molar-refractivity contribution in [1.82, 2.24) is 20.2 Å². The molecule has 1 N–H and O–H groups in total. The molecule has 0 fully saturated rings. The summed E-state index contributed by atoms with van der Waals surface area (Å²) >= 11 is 0. The molecule has 1 aromatic heterocycles. The molecule has 3 aromatic rings. The molecular weight excluding hydrogens is 310 g/mol. The highest BCUT2D eigenvalue weighted by Crippen LogP contribution is 2.27. The van der Waals surface area contributed by atoms with E-state index in [2.05, 4.69) is 20.8 Å². The van der Waals surface area contributed by atoms with E-state index < -0.39 is 0 Å². The van der Waals surface area contributed by atoms with E-state index >= 15 is 0 Å². The predicted molar refractivity (Wildman–Crippen MR) is 86.7 cm³/mol. The van der Waals surface area contributed by atoms with Crippen molar-refractivity contribution in [1.29, 1.82) is 0 Å². The number of nitrogens with one attached hydrogen (secondary N) is 1. The van der Waals surface area contributed by atoms with Gasteiger partial charge in [0.15, 0.2) is 11.5 Å². The number of anilines is 1. The third-order valence-electron chi connectivity index (χ3n) is 3.38. The molecule has 0 aliphatic rings. The molecule has 0 bridgehead atoms. The Labute approximate surface area is 138 Å². The Bertz CT molecular complexity index is 831. The molecule has 2 aromatic carbocycles. The van der Waals surface area contributed by atoms with Crippen LogP contribution >= 0.6 is 0 Å². The van der Waals surface area contributed by atoms with Gasteiger partial charge in [0.25, 0.3) is 5.91 Å². The Balaban J connectivity index is 1.75. The van der Waals surface area contributed by atoms with Gasteiger partial charge in [-0.2, -0.15) is 0 Å². The molecule has 0 atom stereocenters. The molecule has 8 nitrogen and oxygen atoms in total. The number of rotatable bonds is 5. The number of nitrogens with zero attached hydrogens (tertiary/aromatic N) is 4. The normalized spacial score (nSPS) is 10.2. The van der Waals surface area contributed by atoms with Gasteiger partial charge in [0.05, 0.1) is 19.9 Å².